The Balaban J connectivity index is 1.66. The second kappa shape index (κ2) is 4.61. The van der Waals surface area contributed by atoms with Gasteiger partial charge in [-0.3, -0.25) is 4.79 Å². The molecule has 1 aromatic carbocycles. The minimum Gasteiger partial charge on any atom is -0.399 e. The van der Waals surface area contributed by atoms with Crippen molar-refractivity contribution >= 4 is 11.6 Å². The quantitative estimate of drug-likeness (QED) is 0.767. The van der Waals surface area contributed by atoms with Crippen LogP contribution in [0.1, 0.15) is 23.2 Å². The Hall–Kier alpha value is -1.55. The fraction of sp³-hybridized carbons (Fsp3) is 0.500. The Morgan fingerprint density at radius 1 is 1.22 bits per heavy atom. The van der Waals surface area contributed by atoms with E-state index in [1.807, 2.05) is 0 Å². The summed E-state index contributed by atoms with van der Waals surface area (Å²) in [4.78, 5) is 14.6. The maximum atomic E-state index is 12.1. The van der Waals surface area contributed by atoms with Crippen molar-refractivity contribution in [1.82, 2.24) is 10.2 Å². The van der Waals surface area contributed by atoms with Gasteiger partial charge in [0.2, 0.25) is 0 Å². The van der Waals surface area contributed by atoms with Crippen molar-refractivity contribution in [2.24, 2.45) is 5.92 Å². The molecular formula is C14H19N3O. The van der Waals surface area contributed by atoms with Crippen LogP contribution in [0.2, 0.25) is 0 Å². The Morgan fingerprint density at radius 2 is 1.89 bits per heavy atom. The van der Waals surface area contributed by atoms with E-state index in [4.69, 9.17) is 5.73 Å². The van der Waals surface area contributed by atoms with Crippen molar-refractivity contribution in [2.75, 3.05) is 25.4 Å². The Kier molecular flexibility index (Phi) is 2.96. The number of anilines is 1. The molecular weight excluding hydrogens is 226 g/mol. The van der Waals surface area contributed by atoms with Crippen LogP contribution in [0, 0.1) is 5.92 Å². The minimum absolute atomic E-state index is 0.0220. The van der Waals surface area contributed by atoms with Crippen LogP contribution in [0.15, 0.2) is 24.3 Å². The number of nitrogens with zero attached hydrogens (tertiary/aromatic N) is 1. The van der Waals surface area contributed by atoms with Gasteiger partial charge in [-0.1, -0.05) is 0 Å². The zero-order valence-corrected chi connectivity index (χ0v) is 10.4. The lowest BCUT2D eigenvalue weighted by Crippen LogP contribution is -2.57. The Morgan fingerprint density at radius 3 is 2.44 bits per heavy atom. The summed E-state index contributed by atoms with van der Waals surface area (Å²) in [6.45, 7) is 3.39. The second-order valence-corrected chi connectivity index (χ2v) is 5.34. The van der Waals surface area contributed by atoms with Crippen molar-refractivity contribution in [1.29, 1.82) is 0 Å². The lowest BCUT2D eigenvalue weighted by Gasteiger charge is -2.44. The monoisotopic (exact) mass is 245 g/mol. The number of carbonyl (C=O) groups is 1. The number of amides is 1. The largest absolute Gasteiger partial charge is 0.399 e. The number of hydrogen-bond acceptors (Lipinski definition) is 3. The number of fused-ring (bicyclic) bond motifs is 3. The summed E-state index contributed by atoms with van der Waals surface area (Å²) in [6.07, 6.45) is 2.43. The van der Waals surface area contributed by atoms with Crippen LogP contribution in [0.5, 0.6) is 0 Å². The molecule has 0 aromatic heterocycles. The second-order valence-electron chi connectivity index (χ2n) is 5.34. The van der Waals surface area contributed by atoms with Gasteiger partial charge in [0.1, 0.15) is 0 Å². The highest BCUT2D eigenvalue weighted by atomic mass is 16.1. The van der Waals surface area contributed by atoms with E-state index in [-0.39, 0.29) is 5.91 Å². The molecule has 0 aliphatic carbocycles. The van der Waals surface area contributed by atoms with Crippen molar-refractivity contribution in [3.8, 4) is 0 Å². The molecule has 3 heterocycles. The van der Waals surface area contributed by atoms with E-state index in [0.29, 0.717) is 23.2 Å². The Bertz CT molecular complexity index is 435. The molecule has 1 amide bonds. The van der Waals surface area contributed by atoms with E-state index in [1.165, 1.54) is 25.9 Å². The maximum absolute atomic E-state index is 12.1. The summed E-state index contributed by atoms with van der Waals surface area (Å²) < 4.78 is 0. The molecule has 3 fully saturated rings. The van der Waals surface area contributed by atoms with Crippen LogP contribution < -0.4 is 11.1 Å². The number of nitrogens with two attached hydrogens (primary N) is 1. The molecule has 0 saturated carbocycles. The highest BCUT2D eigenvalue weighted by molar-refractivity contribution is 5.94. The van der Waals surface area contributed by atoms with Crippen molar-refractivity contribution in [3.63, 3.8) is 0 Å². The topological polar surface area (TPSA) is 58.4 Å². The smallest absolute Gasteiger partial charge is 0.251 e. The molecule has 3 saturated heterocycles. The maximum Gasteiger partial charge on any atom is 0.251 e. The molecule has 2 bridgehead atoms. The summed E-state index contributed by atoms with van der Waals surface area (Å²) in [5.41, 5.74) is 7.01. The van der Waals surface area contributed by atoms with Crippen molar-refractivity contribution in [2.45, 2.75) is 18.9 Å². The standard InChI is InChI=1S/C14H19N3O/c15-12-3-1-11(2-4-12)14(18)16-13-9-17-7-5-10(13)6-8-17/h1-4,10,13H,5-9,15H2,(H,16,18)/t13-/m0/s1. The molecule has 3 aliphatic rings. The van der Waals surface area contributed by atoms with Crippen LogP contribution in [0.4, 0.5) is 5.69 Å². The van der Waals surface area contributed by atoms with Gasteiger partial charge in [0.25, 0.3) is 5.91 Å². The minimum atomic E-state index is 0.0220. The SMILES string of the molecule is Nc1ccc(C(=O)N[C@H]2CN3CCC2CC3)cc1. The van der Waals surface area contributed by atoms with Crippen LogP contribution in [0.25, 0.3) is 0 Å². The van der Waals surface area contributed by atoms with Gasteiger partial charge in [0.15, 0.2) is 0 Å². The van der Waals surface area contributed by atoms with Gasteiger partial charge in [-0.05, 0) is 56.1 Å². The third kappa shape index (κ3) is 2.20. The zero-order chi connectivity index (χ0) is 12.5. The van der Waals surface area contributed by atoms with E-state index >= 15 is 0 Å². The van der Waals surface area contributed by atoms with Gasteiger partial charge >= 0.3 is 0 Å². The van der Waals surface area contributed by atoms with Crippen LogP contribution in [-0.2, 0) is 0 Å². The molecule has 4 nitrogen and oxygen atoms in total. The molecule has 4 heteroatoms. The number of rotatable bonds is 2. The molecule has 0 unspecified atom stereocenters. The first-order valence-corrected chi connectivity index (χ1v) is 6.61. The van der Waals surface area contributed by atoms with Crippen molar-refractivity contribution < 1.29 is 4.79 Å². The molecule has 0 spiro atoms. The summed E-state index contributed by atoms with van der Waals surface area (Å²) >= 11 is 0. The average Bonchev–Trinajstić information content (AvgIpc) is 2.41. The van der Waals surface area contributed by atoms with Gasteiger partial charge in [-0.25, -0.2) is 0 Å². The van der Waals surface area contributed by atoms with E-state index < -0.39 is 0 Å². The molecule has 3 N–H and O–H groups in total. The summed E-state index contributed by atoms with van der Waals surface area (Å²) in [5.74, 6) is 0.682. The number of carbonyl (C=O) groups excluding carboxylic acids is 1. The third-order valence-corrected chi connectivity index (χ3v) is 4.15. The molecule has 4 rings (SSSR count). The normalized spacial score (nSPS) is 30.1. The fourth-order valence-electron chi connectivity index (χ4n) is 3.01. The molecule has 3 aliphatic heterocycles. The number of benzene rings is 1. The van der Waals surface area contributed by atoms with Crippen LogP contribution in [0.3, 0.4) is 0 Å². The van der Waals surface area contributed by atoms with Crippen LogP contribution >= 0.6 is 0 Å². The van der Waals surface area contributed by atoms with Gasteiger partial charge in [0, 0.05) is 23.8 Å². The molecule has 0 radical (unpaired) electrons. The predicted octanol–water partition coefficient (Wildman–Crippen LogP) is 1.09. The van der Waals surface area contributed by atoms with E-state index in [0.717, 1.165) is 6.54 Å². The lowest BCUT2D eigenvalue weighted by molar-refractivity contribution is 0.0620. The first-order valence-electron chi connectivity index (χ1n) is 6.61. The summed E-state index contributed by atoms with van der Waals surface area (Å²) in [7, 11) is 0. The van der Waals surface area contributed by atoms with Gasteiger partial charge in [-0.2, -0.15) is 0 Å². The number of nitrogen functional groups attached to an aromatic ring is 1. The van der Waals surface area contributed by atoms with E-state index in [9.17, 15) is 4.79 Å². The number of hydrogen-bond donors (Lipinski definition) is 2. The zero-order valence-electron chi connectivity index (χ0n) is 10.4. The first-order chi connectivity index (χ1) is 8.72. The lowest BCUT2D eigenvalue weighted by atomic mass is 9.84. The molecule has 1 aromatic rings. The average molecular weight is 245 g/mol. The summed E-state index contributed by atoms with van der Waals surface area (Å²) in [5, 5.41) is 3.16. The Labute approximate surface area is 107 Å². The number of piperidine rings is 3. The van der Waals surface area contributed by atoms with Gasteiger partial charge in [-0.15, -0.1) is 0 Å². The highest BCUT2D eigenvalue weighted by Gasteiger charge is 2.34. The summed E-state index contributed by atoms with van der Waals surface area (Å²) in [6, 6.07) is 7.42. The first kappa shape index (κ1) is 11.5. The van der Waals surface area contributed by atoms with Crippen molar-refractivity contribution in [3.05, 3.63) is 29.8 Å². The molecule has 18 heavy (non-hydrogen) atoms. The predicted molar refractivity (Wildman–Crippen MR) is 71.3 cm³/mol. The van der Waals surface area contributed by atoms with E-state index in [1.54, 1.807) is 24.3 Å². The van der Waals surface area contributed by atoms with Gasteiger partial charge < -0.3 is 16.0 Å². The molecule has 96 valence electrons. The number of nitrogens with one attached hydrogen (secondary N) is 1. The van der Waals surface area contributed by atoms with Gasteiger partial charge in [0.05, 0.1) is 0 Å². The third-order valence-electron chi connectivity index (χ3n) is 4.15. The highest BCUT2D eigenvalue weighted by Crippen LogP contribution is 2.27. The van der Waals surface area contributed by atoms with Crippen LogP contribution in [-0.4, -0.2) is 36.5 Å². The molecule has 1 atom stereocenters. The fourth-order valence-corrected chi connectivity index (χ4v) is 3.01. The van der Waals surface area contributed by atoms with E-state index in [2.05, 4.69) is 10.2 Å².